The summed E-state index contributed by atoms with van der Waals surface area (Å²) in [6.45, 7) is 0. The second-order valence-corrected chi connectivity index (χ2v) is 3.87. The van der Waals surface area contributed by atoms with E-state index in [2.05, 4.69) is 25.9 Å². The highest BCUT2D eigenvalue weighted by atomic mass is 32.2. The third kappa shape index (κ3) is 3.50. The van der Waals surface area contributed by atoms with Gasteiger partial charge >= 0.3 is 5.97 Å². The summed E-state index contributed by atoms with van der Waals surface area (Å²) in [6, 6.07) is -0.932. The van der Waals surface area contributed by atoms with Crippen molar-refractivity contribution in [1.29, 1.82) is 0 Å². The summed E-state index contributed by atoms with van der Waals surface area (Å²) < 4.78 is 0. The lowest BCUT2D eigenvalue weighted by Crippen LogP contribution is -2.41. The van der Waals surface area contributed by atoms with Gasteiger partial charge in [-0.05, 0) is 23.6 Å². The minimum absolute atomic E-state index is 0.171. The standard InChI is InChI=1S/C7H11N5O3S/c1-16-3-2-4(7(14)15)8-6(13)5-9-11-12-10-5/h4H,2-3H2,1H3,(H,8,13)(H,14,15)(H,9,10,11,12)/t4-/m0/s1. The predicted octanol–water partition coefficient (Wildman–Crippen LogP) is -0.864. The van der Waals surface area contributed by atoms with Gasteiger partial charge in [-0.3, -0.25) is 4.79 Å². The van der Waals surface area contributed by atoms with Crippen molar-refractivity contribution in [3.05, 3.63) is 5.82 Å². The topological polar surface area (TPSA) is 121 Å². The van der Waals surface area contributed by atoms with Gasteiger partial charge in [-0.1, -0.05) is 0 Å². The normalized spacial score (nSPS) is 12.1. The van der Waals surface area contributed by atoms with Gasteiger partial charge in [0.05, 0.1) is 0 Å². The maximum Gasteiger partial charge on any atom is 0.326 e. The van der Waals surface area contributed by atoms with Crippen LogP contribution in [0.25, 0.3) is 0 Å². The number of carboxylic acid groups (broad SMARTS) is 1. The molecule has 0 spiro atoms. The van der Waals surface area contributed by atoms with Crippen LogP contribution in [0.4, 0.5) is 0 Å². The molecule has 88 valence electrons. The quantitative estimate of drug-likeness (QED) is 0.596. The Labute approximate surface area is 95.2 Å². The smallest absolute Gasteiger partial charge is 0.326 e. The molecule has 8 nitrogen and oxygen atoms in total. The first kappa shape index (κ1) is 12.4. The first-order valence-corrected chi connectivity index (χ1v) is 5.80. The van der Waals surface area contributed by atoms with Crippen molar-refractivity contribution in [3.63, 3.8) is 0 Å². The van der Waals surface area contributed by atoms with Gasteiger partial charge in [0.15, 0.2) is 0 Å². The molecule has 0 aliphatic rings. The largest absolute Gasteiger partial charge is 0.480 e. The Morgan fingerprint density at radius 3 is 2.88 bits per heavy atom. The number of hydrogen-bond acceptors (Lipinski definition) is 6. The van der Waals surface area contributed by atoms with Gasteiger partial charge in [0, 0.05) is 0 Å². The third-order valence-electron chi connectivity index (χ3n) is 1.76. The van der Waals surface area contributed by atoms with Gasteiger partial charge in [-0.2, -0.15) is 17.0 Å². The Kier molecular flexibility index (Phi) is 4.70. The van der Waals surface area contributed by atoms with E-state index >= 15 is 0 Å². The number of rotatable bonds is 6. The molecule has 0 aromatic carbocycles. The van der Waals surface area contributed by atoms with Crippen molar-refractivity contribution in [2.45, 2.75) is 12.5 Å². The fourth-order valence-corrected chi connectivity index (χ4v) is 1.45. The van der Waals surface area contributed by atoms with Crippen LogP contribution in [0.2, 0.25) is 0 Å². The molecule has 0 radical (unpaired) electrons. The van der Waals surface area contributed by atoms with Crippen LogP contribution in [-0.4, -0.2) is 55.7 Å². The Hall–Kier alpha value is -1.64. The van der Waals surface area contributed by atoms with Crippen LogP contribution in [0.1, 0.15) is 17.0 Å². The molecule has 0 aliphatic carbocycles. The van der Waals surface area contributed by atoms with E-state index in [0.29, 0.717) is 12.2 Å². The van der Waals surface area contributed by atoms with Gasteiger partial charge in [0.2, 0.25) is 0 Å². The Bertz CT molecular complexity index is 355. The zero-order valence-electron chi connectivity index (χ0n) is 8.51. The minimum atomic E-state index is -1.08. The van der Waals surface area contributed by atoms with E-state index in [1.54, 1.807) is 0 Å². The lowest BCUT2D eigenvalue weighted by atomic mass is 10.2. The fourth-order valence-electron chi connectivity index (χ4n) is 0.974. The third-order valence-corrected chi connectivity index (χ3v) is 2.41. The lowest BCUT2D eigenvalue weighted by Gasteiger charge is -2.11. The van der Waals surface area contributed by atoms with Crippen molar-refractivity contribution >= 4 is 23.6 Å². The summed E-state index contributed by atoms with van der Waals surface area (Å²) in [5.41, 5.74) is 0. The number of thioether (sulfide) groups is 1. The second-order valence-electron chi connectivity index (χ2n) is 2.88. The highest BCUT2D eigenvalue weighted by Gasteiger charge is 2.21. The maximum absolute atomic E-state index is 11.4. The van der Waals surface area contributed by atoms with Gasteiger partial charge in [-0.15, -0.1) is 10.2 Å². The summed E-state index contributed by atoms with van der Waals surface area (Å²) in [7, 11) is 0. The molecule has 0 saturated heterocycles. The summed E-state index contributed by atoms with van der Waals surface area (Å²) >= 11 is 1.51. The van der Waals surface area contributed by atoms with E-state index in [0.717, 1.165) is 0 Å². The number of carbonyl (C=O) groups excluding carboxylic acids is 1. The predicted molar refractivity (Wildman–Crippen MR) is 56.1 cm³/mol. The van der Waals surface area contributed by atoms with Gasteiger partial charge in [0.25, 0.3) is 11.7 Å². The zero-order chi connectivity index (χ0) is 12.0. The molecule has 1 amide bonds. The van der Waals surface area contributed by atoms with Crippen molar-refractivity contribution in [2.24, 2.45) is 0 Å². The minimum Gasteiger partial charge on any atom is -0.480 e. The highest BCUT2D eigenvalue weighted by Crippen LogP contribution is 2.01. The van der Waals surface area contributed by atoms with E-state index in [1.165, 1.54) is 11.8 Å². The number of tetrazole rings is 1. The summed E-state index contributed by atoms with van der Waals surface area (Å²) in [5.74, 6) is -1.26. The van der Waals surface area contributed by atoms with Crippen LogP contribution >= 0.6 is 11.8 Å². The van der Waals surface area contributed by atoms with E-state index < -0.39 is 17.9 Å². The molecule has 1 rings (SSSR count). The van der Waals surface area contributed by atoms with Crippen molar-refractivity contribution in [2.75, 3.05) is 12.0 Å². The molecular weight excluding hydrogens is 234 g/mol. The number of H-pyrrole nitrogens is 1. The number of aromatic nitrogens is 4. The number of nitrogens with zero attached hydrogens (tertiary/aromatic N) is 3. The Morgan fingerprint density at radius 2 is 2.38 bits per heavy atom. The fraction of sp³-hybridized carbons (Fsp3) is 0.571. The number of carboxylic acids is 1. The number of nitrogens with one attached hydrogen (secondary N) is 2. The van der Waals surface area contributed by atoms with E-state index in [-0.39, 0.29) is 5.82 Å². The van der Waals surface area contributed by atoms with Crippen LogP contribution in [0, 0.1) is 0 Å². The molecule has 16 heavy (non-hydrogen) atoms. The second kappa shape index (κ2) is 6.05. The number of aliphatic carboxylic acids is 1. The average molecular weight is 245 g/mol. The van der Waals surface area contributed by atoms with Gasteiger partial charge < -0.3 is 10.4 Å². The van der Waals surface area contributed by atoms with E-state index in [1.807, 2.05) is 6.26 Å². The SMILES string of the molecule is CSCC[C@H](NC(=O)c1nn[nH]n1)C(=O)O. The molecule has 0 saturated carbocycles. The molecule has 1 atom stereocenters. The molecular formula is C7H11N5O3S. The molecule has 9 heteroatoms. The lowest BCUT2D eigenvalue weighted by molar-refractivity contribution is -0.139. The van der Waals surface area contributed by atoms with E-state index in [9.17, 15) is 9.59 Å². The van der Waals surface area contributed by atoms with Crippen LogP contribution in [0.3, 0.4) is 0 Å². The van der Waals surface area contributed by atoms with E-state index in [4.69, 9.17) is 5.11 Å². The van der Waals surface area contributed by atoms with Gasteiger partial charge in [-0.25, -0.2) is 4.79 Å². The molecule has 3 N–H and O–H groups in total. The van der Waals surface area contributed by atoms with Crippen molar-refractivity contribution in [1.82, 2.24) is 25.9 Å². The van der Waals surface area contributed by atoms with Crippen LogP contribution < -0.4 is 5.32 Å². The molecule has 0 bridgehead atoms. The number of hydrogen-bond donors (Lipinski definition) is 3. The van der Waals surface area contributed by atoms with Crippen LogP contribution in [-0.2, 0) is 4.79 Å². The van der Waals surface area contributed by atoms with Crippen LogP contribution in [0.15, 0.2) is 0 Å². The maximum atomic E-state index is 11.4. The zero-order valence-corrected chi connectivity index (χ0v) is 9.32. The summed E-state index contributed by atoms with van der Waals surface area (Å²) in [4.78, 5) is 22.2. The summed E-state index contributed by atoms with van der Waals surface area (Å²) in [5, 5.41) is 23.4. The van der Waals surface area contributed by atoms with Crippen molar-refractivity contribution in [3.8, 4) is 0 Å². The highest BCUT2D eigenvalue weighted by molar-refractivity contribution is 7.98. The molecule has 0 unspecified atom stereocenters. The van der Waals surface area contributed by atoms with Crippen molar-refractivity contribution < 1.29 is 14.7 Å². The first-order chi connectivity index (χ1) is 7.65. The molecule has 1 aromatic rings. The van der Waals surface area contributed by atoms with Crippen LogP contribution in [0.5, 0.6) is 0 Å². The monoisotopic (exact) mass is 245 g/mol. The number of amides is 1. The molecule has 1 aromatic heterocycles. The average Bonchev–Trinajstić information content (AvgIpc) is 2.76. The molecule has 0 aliphatic heterocycles. The van der Waals surface area contributed by atoms with Gasteiger partial charge in [0.1, 0.15) is 6.04 Å². The summed E-state index contributed by atoms with van der Waals surface area (Å²) in [6.07, 6.45) is 2.21. The molecule has 0 fully saturated rings. The first-order valence-electron chi connectivity index (χ1n) is 4.41. The number of aromatic amines is 1. The molecule has 1 heterocycles. The Morgan fingerprint density at radius 1 is 1.62 bits per heavy atom. The Balaban J connectivity index is 2.54. The number of carbonyl (C=O) groups is 2.